The molecule has 0 heterocycles. The molecule has 0 aromatic heterocycles. The fourth-order valence-electron chi connectivity index (χ4n) is 1.86. The van der Waals surface area contributed by atoms with Gasteiger partial charge in [0.05, 0.1) is 20.1 Å². The van der Waals surface area contributed by atoms with Crippen molar-refractivity contribution in [1.82, 2.24) is 0 Å². The molecule has 1 N–H and O–H groups in total. The van der Waals surface area contributed by atoms with Crippen LogP contribution in [0.5, 0.6) is 11.5 Å². The molecule has 16 heavy (non-hydrogen) atoms. The zero-order valence-electron chi connectivity index (χ0n) is 9.11. The van der Waals surface area contributed by atoms with Crippen molar-refractivity contribution in [3.8, 4) is 11.5 Å². The largest absolute Gasteiger partial charge is 0.493 e. The average molecular weight is 242 g/mol. The monoisotopic (exact) mass is 242 g/mol. The number of aliphatic carboxylic acids is 1. The summed E-state index contributed by atoms with van der Waals surface area (Å²) >= 11 is 0. The summed E-state index contributed by atoms with van der Waals surface area (Å²) in [5.74, 6) is 0.0665. The van der Waals surface area contributed by atoms with Crippen LogP contribution >= 0.6 is 13.5 Å². The number of carbonyl (C=O) groups is 1. The van der Waals surface area contributed by atoms with E-state index < -0.39 is 5.97 Å². The van der Waals surface area contributed by atoms with E-state index >= 15 is 0 Å². The standard InChI is InChI=1S/C11H12O4.H2S/c1-14-9-4-6-3-8(11(12)13)7(6)5-10(9)15-2;/h4-5,8H,3H2,1-2H3,(H,12,13);1H2/t8-;/m0./s1. The van der Waals surface area contributed by atoms with Crippen LogP contribution in [0.25, 0.3) is 0 Å². The molecule has 0 bridgehead atoms. The van der Waals surface area contributed by atoms with E-state index in [9.17, 15) is 4.79 Å². The molecule has 0 radical (unpaired) electrons. The molecular weight excluding hydrogens is 228 g/mol. The van der Waals surface area contributed by atoms with Gasteiger partial charge in [0.25, 0.3) is 0 Å². The molecule has 1 atom stereocenters. The number of rotatable bonds is 3. The molecule has 88 valence electrons. The van der Waals surface area contributed by atoms with E-state index in [1.807, 2.05) is 6.07 Å². The SMILES string of the molecule is COc1cc2c(cc1OC)[C@@H](C(=O)O)C2.S. The number of methoxy groups -OCH3 is 2. The van der Waals surface area contributed by atoms with Crippen LogP contribution in [0.2, 0.25) is 0 Å². The van der Waals surface area contributed by atoms with Gasteiger partial charge in [-0.05, 0) is 29.7 Å². The molecule has 1 aromatic rings. The Bertz CT molecular complexity index is 417. The first-order valence-corrected chi connectivity index (χ1v) is 4.65. The van der Waals surface area contributed by atoms with Crippen molar-refractivity contribution in [3.05, 3.63) is 23.3 Å². The Labute approximate surface area is 101 Å². The van der Waals surface area contributed by atoms with Crippen molar-refractivity contribution in [2.45, 2.75) is 12.3 Å². The third kappa shape index (κ3) is 1.82. The number of hydrogen-bond donors (Lipinski definition) is 1. The van der Waals surface area contributed by atoms with Gasteiger partial charge in [-0.1, -0.05) is 0 Å². The van der Waals surface area contributed by atoms with Crippen molar-refractivity contribution < 1.29 is 19.4 Å². The second kappa shape index (κ2) is 4.65. The lowest BCUT2D eigenvalue weighted by Crippen LogP contribution is -2.25. The number of carboxylic acids is 1. The Hall–Kier alpha value is -1.36. The van der Waals surface area contributed by atoms with Gasteiger partial charge in [0, 0.05) is 0 Å². The Kier molecular flexibility index (Phi) is 3.70. The summed E-state index contributed by atoms with van der Waals surface area (Å²) in [4.78, 5) is 10.8. The van der Waals surface area contributed by atoms with Gasteiger partial charge in [0.2, 0.25) is 0 Å². The van der Waals surface area contributed by atoms with Crippen LogP contribution in [-0.4, -0.2) is 25.3 Å². The summed E-state index contributed by atoms with van der Waals surface area (Å²) in [7, 11) is 3.11. The minimum absolute atomic E-state index is 0. The number of ether oxygens (including phenoxy) is 2. The lowest BCUT2D eigenvalue weighted by atomic mass is 9.77. The molecule has 0 spiro atoms. The van der Waals surface area contributed by atoms with Crippen LogP contribution in [0.15, 0.2) is 12.1 Å². The maximum atomic E-state index is 10.8. The first kappa shape index (κ1) is 12.7. The predicted molar refractivity (Wildman–Crippen MR) is 64.0 cm³/mol. The van der Waals surface area contributed by atoms with Crippen LogP contribution in [0.3, 0.4) is 0 Å². The second-order valence-electron chi connectivity index (χ2n) is 3.50. The molecule has 0 unspecified atom stereocenters. The summed E-state index contributed by atoms with van der Waals surface area (Å²) in [6.45, 7) is 0. The van der Waals surface area contributed by atoms with Crippen LogP contribution in [-0.2, 0) is 11.2 Å². The number of fused-ring (bicyclic) bond motifs is 1. The Balaban J connectivity index is 0.00000128. The Morgan fingerprint density at radius 3 is 2.38 bits per heavy atom. The number of benzene rings is 1. The first-order valence-electron chi connectivity index (χ1n) is 4.65. The molecule has 1 aromatic carbocycles. The Morgan fingerprint density at radius 1 is 1.31 bits per heavy atom. The number of carboxylic acid groups (broad SMARTS) is 1. The Morgan fingerprint density at radius 2 is 1.88 bits per heavy atom. The van der Waals surface area contributed by atoms with Crippen LogP contribution in [0, 0.1) is 0 Å². The molecule has 0 saturated heterocycles. The molecule has 2 rings (SSSR count). The van der Waals surface area contributed by atoms with Gasteiger partial charge in [0.1, 0.15) is 0 Å². The highest BCUT2D eigenvalue weighted by Gasteiger charge is 2.33. The smallest absolute Gasteiger partial charge is 0.311 e. The van der Waals surface area contributed by atoms with Crippen molar-refractivity contribution in [1.29, 1.82) is 0 Å². The van der Waals surface area contributed by atoms with Crippen molar-refractivity contribution >= 4 is 19.5 Å². The van der Waals surface area contributed by atoms with E-state index in [0.717, 1.165) is 11.1 Å². The van der Waals surface area contributed by atoms with Crippen molar-refractivity contribution in [3.63, 3.8) is 0 Å². The van der Waals surface area contributed by atoms with Crippen LogP contribution < -0.4 is 9.47 Å². The van der Waals surface area contributed by atoms with Gasteiger partial charge in [0.15, 0.2) is 11.5 Å². The molecular formula is C11H14O4S. The fraction of sp³-hybridized carbons (Fsp3) is 0.364. The quantitative estimate of drug-likeness (QED) is 0.873. The topological polar surface area (TPSA) is 55.8 Å². The molecule has 5 heteroatoms. The summed E-state index contributed by atoms with van der Waals surface area (Å²) in [6.07, 6.45) is 0.574. The van der Waals surface area contributed by atoms with Gasteiger partial charge >= 0.3 is 5.97 Å². The number of hydrogen-bond acceptors (Lipinski definition) is 3. The van der Waals surface area contributed by atoms with Gasteiger partial charge in [-0.25, -0.2) is 0 Å². The first-order chi connectivity index (χ1) is 7.17. The predicted octanol–water partition coefficient (Wildman–Crippen LogP) is 1.54. The summed E-state index contributed by atoms with van der Waals surface area (Å²) < 4.78 is 10.2. The molecule has 1 aliphatic rings. The third-order valence-corrected chi connectivity index (χ3v) is 2.74. The third-order valence-electron chi connectivity index (χ3n) is 2.74. The van der Waals surface area contributed by atoms with E-state index in [2.05, 4.69) is 0 Å². The lowest BCUT2D eigenvalue weighted by Gasteiger charge is -2.27. The zero-order valence-corrected chi connectivity index (χ0v) is 10.1. The molecule has 0 amide bonds. The van der Waals surface area contributed by atoms with Gasteiger partial charge in [-0.3, -0.25) is 4.79 Å². The van der Waals surface area contributed by atoms with Gasteiger partial charge < -0.3 is 14.6 Å². The van der Waals surface area contributed by atoms with E-state index in [4.69, 9.17) is 14.6 Å². The average Bonchev–Trinajstić information content (AvgIpc) is 2.19. The highest BCUT2D eigenvalue weighted by molar-refractivity contribution is 7.59. The lowest BCUT2D eigenvalue weighted by molar-refractivity contribution is -0.139. The van der Waals surface area contributed by atoms with Gasteiger partial charge in [-0.2, -0.15) is 13.5 Å². The molecule has 0 saturated carbocycles. The highest BCUT2D eigenvalue weighted by Crippen LogP contribution is 2.42. The van der Waals surface area contributed by atoms with Crippen molar-refractivity contribution in [2.75, 3.05) is 14.2 Å². The van der Waals surface area contributed by atoms with Crippen LogP contribution in [0.4, 0.5) is 0 Å². The summed E-state index contributed by atoms with van der Waals surface area (Å²) in [5, 5.41) is 8.90. The van der Waals surface area contributed by atoms with E-state index in [0.29, 0.717) is 17.9 Å². The van der Waals surface area contributed by atoms with E-state index in [1.165, 1.54) is 0 Å². The normalized spacial score (nSPS) is 16.5. The van der Waals surface area contributed by atoms with Crippen molar-refractivity contribution in [2.24, 2.45) is 0 Å². The maximum absolute atomic E-state index is 10.8. The minimum atomic E-state index is -0.783. The second-order valence-corrected chi connectivity index (χ2v) is 3.50. The van der Waals surface area contributed by atoms with E-state index in [1.54, 1.807) is 20.3 Å². The van der Waals surface area contributed by atoms with Crippen LogP contribution in [0.1, 0.15) is 17.0 Å². The van der Waals surface area contributed by atoms with Gasteiger partial charge in [-0.15, -0.1) is 0 Å². The fourth-order valence-corrected chi connectivity index (χ4v) is 1.86. The zero-order chi connectivity index (χ0) is 11.0. The molecule has 0 aliphatic heterocycles. The van der Waals surface area contributed by atoms with E-state index in [-0.39, 0.29) is 19.4 Å². The molecule has 0 fully saturated rings. The molecule has 4 nitrogen and oxygen atoms in total. The summed E-state index contributed by atoms with van der Waals surface area (Å²) in [5.41, 5.74) is 1.86. The summed E-state index contributed by atoms with van der Waals surface area (Å²) in [6, 6.07) is 3.59. The molecule has 1 aliphatic carbocycles. The minimum Gasteiger partial charge on any atom is -0.493 e. The highest BCUT2D eigenvalue weighted by atomic mass is 32.1. The maximum Gasteiger partial charge on any atom is 0.311 e.